The zero-order valence-electron chi connectivity index (χ0n) is 13.7. The average Bonchev–Trinajstić information content (AvgIpc) is 3.30. The van der Waals surface area contributed by atoms with Crippen molar-refractivity contribution in [2.24, 2.45) is 0 Å². The largest absolute Gasteiger partial charge is 0.465 e. The van der Waals surface area contributed by atoms with E-state index in [1.54, 1.807) is 41.4 Å². The lowest BCUT2D eigenvalue weighted by Gasteiger charge is -2.09. The highest BCUT2D eigenvalue weighted by atomic mass is 16.3. The number of carbonyl (C=O) groups excluding carboxylic acids is 1. The second-order valence-corrected chi connectivity index (χ2v) is 5.18. The maximum atomic E-state index is 11.7. The molecule has 3 rings (SSSR count). The van der Waals surface area contributed by atoms with Crippen LogP contribution in [0, 0.1) is 6.92 Å². The van der Waals surface area contributed by atoms with Crippen LogP contribution in [-0.4, -0.2) is 38.7 Å². The minimum absolute atomic E-state index is 0.186. The third-order valence-electron chi connectivity index (χ3n) is 3.24. The molecule has 0 aliphatic heterocycles. The summed E-state index contributed by atoms with van der Waals surface area (Å²) >= 11 is 0. The Balaban J connectivity index is 1.48. The molecule has 0 saturated carbocycles. The smallest absolute Gasteiger partial charge is 0.244 e. The predicted octanol–water partition coefficient (Wildman–Crippen LogP) is 1.81. The van der Waals surface area contributed by atoms with Crippen molar-refractivity contribution in [2.75, 3.05) is 18.4 Å². The van der Waals surface area contributed by atoms with Crippen molar-refractivity contribution in [1.82, 2.24) is 25.1 Å². The number of aryl methyl sites for hydroxylation is 1. The van der Waals surface area contributed by atoms with Crippen molar-refractivity contribution >= 4 is 17.8 Å². The highest BCUT2D eigenvalue weighted by molar-refractivity contribution is 5.91. The molecule has 0 bridgehead atoms. The molecule has 0 aliphatic carbocycles. The molecule has 3 aromatic heterocycles. The van der Waals surface area contributed by atoms with E-state index < -0.39 is 0 Å². The van der Waals surface area contributed by atoms with E-state index in [9.17, 15) is 4.79 Å². The molecule has 8 nitrogen and oxygen atoms in total. The molecule has 3 aromatic rings. The highest BCUT2D eigenvalue weighted by Gasteiger charge is 2.04. The Kier molecular flexibility index (Phi) is 5.20. The summed E-state index contributed by atoms with van der Waals surface area (Å²) in [6.07, 6.45) is 8.12. The number of hydrogen-bond acceptors (Lipinski definition) is 6. The van der Waals surface area contributed by atoms with Crippen LogP contribution >= 0.6 is 0 Å². The molecule has 0 spiro atoms. The van der Waals surface area contributed by atoms with Gasteiger partial charge in [0.05, 0.1) is 6.26 Å². The van der Waals surface area contributed by atoms with Gasteiger partial charge in [-0.3, -0.25) is 4.79 Å². The molecule has 0 fully saturated rings. The summed E-state index contributed by atoms with van der Waals surface area (Å²) in [6.45, 7) is 2.82. The van der Waals surface area contributed by atoms with E-state index in [-0.39, 0.29) is 5.91 Å². The van der Waals surface area contributed by atoms with Crippen LogP contribution in [-0.2, 0) is 4.79 Å². The van der Waals surface area contributed by atoms with Crippen molar-refractivity contribution in [1.29, 1.82) is 0 Å². The van der Waals surface area contributed by atoms with E-state index in [4.69, 9.17) is 4.42 Å². The molecule has 0 unspecified atom stereocenters. The summed E-state index contributed by atoms with van der Waals surface area (Å²) < 4.78 is 6.79. The van der Waals surface area contributed by atoms with E-state index in [1.165, 1.54) is 6.08 Å². The van der Waals surface area contributed by atoms with Crippen molar-refractivity contribution in [2.45, 2.75) is 6.92 Å². The summed E-state index contributed by atoms with van der Waals surface area (Å²) in [7, 11) is 0. The lowest BCUT2D eigenvalue weighted by atomic mass is 10.4. The Labute approximate surface area is 144 Å². The van der Waals surface area contributed by atoms with Crippen LogP contribution < -0.4 is 10.6 Å². The first kappa shape index (κ1) is 16.4. The average molecular weight is 338 g/mol. The molecule has 1 amide bonds. The van der Waals surface area contributed by atoms with Gasteiger partial charge in [0.25, 0.3) is 0 Å². The maximum Gasteiger partial charge on any atom is 0.244 e. The van der Waals surface area contributed by atoms with Crippen LogP contribution in [0.2, 0.25) is 0 Å². The molecule has 0 aromatic carbocycles. The Morgan fingerprint density at radius 2 is 2.24 bits per heavy atom. The van der Waals surface area contributed by atoms with Crippen molar-refractivity contribution in [3.05, 3.63) is 60.6 Å². The number of amides is 1. The van der Waals surface area contributed by atoms with E-state index in [1.807, 2.05) is 19.2 Å². The van der Waals surface area contributed by atoms with Crippen LogP contribution in [0.15, 0.2) is 53.4 Å². The molecule has 0 radical (unpaired) electrons. The fourth-order valence-corrected chi connectivity index (χ4v) is 2.14. The summed E-state index contributed by atoms with van der Waals surface area (Å²) in [5, 5.41) is 10.1. The van der Waals surface area contributed by atoms with E-state index in [2.05, 4.69) is 25.7 Å². The fraction of sp³-hybridized carbons (Fsp3) is 0.176. The third kappa shape index (κ3) is 4.77. The predicted molar refractivity (Wildman–Crippen MR) is 93.1 cm³/mol. The summed E-state index contributed by atoms with van der Waals surface area (Å²) in [5.41, 5.74) is 0. The van der Waals surface area contributed by atoms with E-state index >= 15 is 0 Å². The molecule has 128 valence electrons. The monoisotopic (exact) mass is 338 g/mol. The summed E-state index contributed by atoms with van der Waals surface area (Å²) in [4.78, 5) is 20.4. The number of nitrogens with zero attached hydrogens (tertiary/aromatic N) is 4. The Morgan fingerprint density at radius 1 is 1.32 bits per heavy atom. The van der Waals surface area contributed by atoms with E-state index in [0.29, 0.717) is 36.3 Å². The molecule has 2 N–H and O–H groups in total. The molecule has 25 heavy (non-hydrogen) atoms. The number of nitrogens with one attached hydrogen (secondary N) is 2. The van der Waals surface area contributed by atoms with Gasteiger partial charge in [-0.2, -0.15) is 5.10 Å². The Morgan fingerprint density at radius 3 is 3.00 bits per heavy atom. The zero-order chi connectivity index (χ0) is 17.5. The molecule has 0 aliphatic rings. The van der Waals surface area contributed by atoms with Gasteiger partial charge in [0.1, 0.15) is 17.4 Å². The number of furan rings is 1. The highest BCUT2D eigenvalue weighted by Crippen LogP contribution is 2.09. The lowest BCUT2D eigenvalue weighted by molar-refractivity contribution is -0.116. The first-order chi connectivity index (χ1) is 12.2. The zero-order valence-corrected chi connectivity index (χ0v) is 13.7. The number of carbonyl (C=O) groups is 1. The quantitative estimate of drug-likeness (QED) is 0.504. The molecular weight excluding hydrogens is 320 g/mol. The van der Waals surface area contributed by atoms with Crippen molar-refractivity contribution in [3.63, 3.8) is 0 Å². The molecule has 8 heteroatoms. The van der Waals surface area contributed by atoms with Crippen molar-refractivity contribution in [3.8, 4) is 5.82 Å². The van der Waals surface area contributed by atoms with Gasteiger partial charge in [-0.15, -0.1) is 0 Å². The van der Waals surface area contributed by atoms with Gasteiger partial charge in [-0.05, 0) is 31.2 Å². The number of rotatable bonds is 7. The SMILES string of the molecule is Cc1nc(NCCNC(=O)/C=C/c2ccco2)cc(-n2cccn2)n1. The van der Waals surface area contributed by atoms with E-state index in [0.717, 1.165) is 0 Å². The van der Waals surface area contributed by atoms with Crippen LogP contribution in [0.1, 0.15) is 11.6 Å². The topological polar surface area (TPSA) is 97.9 Å². The molecule has 3 heterocycles. The molecular formula is C17H18N6O2. The third-order valence-corrected chi connectivity index (χ3v) is 3.24. The standard InChI is InChI=1S/C17H18N6O2/c1-13-21-15(12-16(22-13)23-10-3-7-20-23)18-8-9-19-17(24)6-5-14-4-2-11-25-14/h2-7,10-12H,8-9H2,1H3,(H,19,24)(H,18,21,22)/b6-5+. The summed E-state index contributed by atoms with van der Waals surface area (Å²) in [6, 6.07) is 7.18. The van der Waals surface area contributed by atoms with Crippen molar-refractivity contribution < 1.29 is 9.21 Å². The van der Waals surface area contributed by atoms with Gasteiger partial charge in [-0.25, -0.2) is 14.6 Å². The minimum Gasteiger partial charge on any atom is -0.465 e. The van der Waals surface area contributed by atoms with Gasteiger partial charge in [0.2, 0.25) is 5.91 Å². The maximum absolute atomic E-state index is 11.7. The fourth-order valence-electron chi connectivity index (χ4n) is 2.14. The minimum atomic E-state index is -0.186. The van der Waals surface area contributed by atoms with Crippen LogP contribution in [0.5, 0.6) is 0 Å². The number of aromatic nitrogens is 4. The molecule has 0 atom stereocenters. The second kappa shape index (κ2) is 7.91. The van der Waals surface area contributed by atoms with Gasteiger partial charge in [0.15, 0.2) is 5.82 Å². The second-order valence-electron chi connectivity index (χ2n) is 5.18. The van der Waals surface area contributed by atoms with Gasteiger partial charge < -0.3 is 15.1 Å². The van der Waals surface area contributed by atoms with Crippen LogP contribution in [0.4, 0.5) is 5.82 Å². The molecule has 0 saturated heterocycles. The van der Waals surface area contributed by atoms with Gasteiger partial charge in [-0.1, -0.05) is 0 Å². The Hall–Kier alpha value is -3.42. The Bertz CT molecular complexity index is 840. The van der Waals surface area contributed by atoms with Crippen LogP contribution in [0.25, 0.3) is 11.9 Å². The first-order valence-electron chi connectivity index (χ1n) is 7.80. The first-order valence-corrected chi connectivity index (χ1v) is 7.80. The lowest BCUT2D eigenvalue weighted by Crippen LogP contribution is -2.27. The van der Waals surface area contributed by atoms with Crippen LogP contribution in [0.3, 0.4) is 0 Å². The van der Waals surface area contributed by atoms with Gasteiger partial charge in [0, 0.05) is 37.6 Å². The number of hydrogen-bond donors (Lipinski definition) is 2. The van der Waals surface area contributed by atoms with Gasteiger partial charge >= 0.3 is 0 Å². The summed E-state index contributed by atoms with van der Waals surface area (Å²) in [5.74, 6) is 2.45. The number of anilines is 1. The normalized spacial score (nSPS) is 10.9.